The Morgan fingerprint density at radius 2 is 1.95 bits per heavy atom. The number of hydrogen-bond donors (Lipinski definition) is 2. The number of rotatable bonds is 4. The first-order chi connectivity index (χ1) is 10.0. The molecular formula is C16H20N2O3. The average Bonchev–Trinajstić information content (AvgIpc) is 2.95. The molecule has 0 radical (unpaired) electrons. The molecule has 0 saturated carbocycles. The van der Waals surface area contributed by atoms with E-state index in [-0.39, 0.29) is 12.1 Å². The van der Waals surface area contributed by atoms with Crippen molar-refractivity contribution in [2.24, 2.45) is 5.92 Å². The number of aryl methyl sites for hydroxylation is 1. The molecule has 0 bridgehead atoms. The molecule has 1 aromatic carbocycles. The van der Waals surface area contributed by atoms with Gasteiger partial charge in [0, 0.05) is 12.7 Å². The molecule has 21 heavy (non-hydrogen) atoms. The Labute approximate surface area is 124 Å². The zero-order chi connectivity index (χ0) is 15.4. The minimum atomic E-state index is -0.855. The zero-order valence-electron chi connectivity index (χ0n) is 12.2. The second-order valence-corrected chi connectivity index (χ2v) is 5.20. The molecule has 2 rings (SSSR count). The van der Waals surface area contributed by atoms with Crippen molar-refractivity contribution >= 4 is 17.7 Å². The maximum absolute atomic E-state index is 12.2. The summed E-state index contributed by atoms with van der Waals surface area (Å²) >= 11 is 0. The first-order valence-corrected chi connectivity index (χ1v) is 7.05. The summed E-state index contributed by atoms with van der Waals surface area (Å²) in [6, 6.07) is 7.34. The second-order valence-electron chi connectivity index (χ2n) is 5.20. The van der Waals surface area contributed by atoms with Crippen LogP contribution in [-0.2, 0) is 11.2 Å². The summed E-state index contributed by atoms with van der Waals surface area (Å²) in [5.41, 5.74) is 2.03. The quantitative estimate of drug-likeness (QED) is 0.836. The van der Waals surface area contributed by atoms with Crippen molar-refractivity contribution in [1.29, 1.82) is 0 Å². The van der Waals surface area contributed by atoms with Crippen LogP contribution < -0.4 is 10.2 Å². The molecule has 5 nitrogen and oxygen atoms in total. The van der Waals surface area contributed by atoms with Crippen LogP contribution in [0, 0.1) is 5.92 Å². The van der Waals surface area contributed by atoms with Crippen LogP contribution in [0.2, 0.25) is 0 Å². The van der Waals surface area contributed by atoms with E-state index in [4.69, 9.17) is 5.11 Å². The predicted octanol–water partition coefficient (Wildman–Crippen LogP) is 2.42. The van der Waals surface area contributed by atoms with Crippen molar-refractivity contribution in [2.75, 3.05) is 11.9 Å². The van der Waals surface area contributed by atoms with Crippen LogP contribution in [0.4, 0.5) is 10.5 Å². The fourth-order valence-corrected chi connectivity index (χ4v) is 2.32. The van der Waals surface area contributed by atoms with E-state index in [2.05, 4.69) is 12.2 Å². The van der Waals surface area contributed by atoms with Gasteiger partial charge in [0.2, 0.25) is 0 Å². The van der Waals surface area contributed by atoms with E-state index in [1.165, 1.54) is 10.5 Å². The molecule has 2 N–H and O–H groups in total. The van der Waals surface area contributed by atoms with Crippen LogP contribution in [-0.4, -0.2) is 30.2 Å². The number of benzene rings is 1. The molecule has 1 aliphatic rings. The highest BCUT2D eigenvalue weighted by Crippen LogP contribution is 2.19. The summed E-state index contributed by atoms with van der Waals surface area (Å²) in [6.07, 6.45) is 4.73. The molecule has 2 unspecified atom stereocenters. The molecule has 0 spiro atoms. The topological polar surface area (TPSA) is 69.6 Å². The molecule has 0 saturated heterocycles. The molecule has 0 aliphatic heterocycles. The summed E-state index contributed by atoms with van der Waals surface area (Å²) in [6.45, 7) is 2.08. The van der Waals surface area contributed by atoms with Gasteiger partial charge in [-0.05, 0) is 30.5 Å². The number of amides is 2. The van der Waals surface area contributed by atoms with Gasteiger partial charge in [0.05, 0.1) is 12.0 Å². The third kappa shape index (κ3) is 3.62. The number of carboxylic acid groups (broad SMARTS) is 1. The van der Waals surface area contributed by atoms with Crippen LogP contribution >= 0.6 is 0 Å². The molecule has 0 fully saturated rings. The highest BCUT2D eigenvalue weighted by atomic mass is 16.4. The minimum absolute atomic E-state index is 0.226. The van der Waals surface area contributed by atoms with Crippen molar-refractivity contribution in [3.8, 4) is 0 Å². The highest BCUT2D eigenvalue weighted by molar-refractivity contribution is 5.91. The van der Waals surface area contributed by atoms with Crippen LogP contribution in [0.25, 0.3) is 0 Å². The Bertz CT molecular complexity index is 551. The van der Waals surface area contributed by atoms with E-state index in [0.717, 1.165) is 12.1 Å². The molecular weight excluding hydrogens is 268 g/mol. The summed E-state index contributed by atoms with van der Waals surface area (Å²) in [5, 5.41) is 11.8. The van der Waals surface area contributed by atoms with Gasteiger partial charge < -0.3 is 10.4 Å². The average molecular weight is 288 g/mol. The summed E-state index contributed by atoms with van der Waals surface area (Å²) in [7, 11) is 1.70. The first-order valence-electron chi connectivity index (χ1n) is 7.05. The number of urea groups is 1. The molecule has 5 heteroatoms. The minimum Gasteiger partial charge on any atom is -0.481 e. The lowest BCUT2D eigenvalue weighted by molar-refractivity contribution is -0.140. The smallest absolute Gasteiger partial charge is 0.322 e. The molecule has 2 amide bonds. The summed E-state index contributed by atoms with van der Waals surface area (Å²) in [4.78, 5) is 24.6. The van der Waals surface area contributed by atoms with E-state index >= 15 is 0 Å². The monoisotopic (exact) mass is 288 g/mol. The first kappa shape index (κ1) is 15.1. The van der Waals surface area contributed by atoms with Crippen molar-refractivity contribution in [3.63, 3.8) is 0 Å². The summed E-state index contributed by atoms with van der Waals surface area (Å²) < 4.78 is 0. The number of aliphatic carboxylic acids is 1. The maximum Gasteiger partial charge on any atom is 0.322 e. The molecule has 1 aliphatic carbocycles. The van der Waals surface area contributed by atoms with Gasteiger partial charge in [0.15, 0.2) is 0 Å². The molecule has 1 aromatic rings. The van der Waals surface area contributed by atoms with Gasteiger partial charge in [-0.2, -0.15) is 0 Å². The SMILES string of the molecule is CCc1ccc(N(C)C(=O)NC2C=CC(C(=O)O)C2)cc1. The largest absolute Gasteiger partial charge is 0.481 e. The van der Waals surface area contributed by atoms with E-state index in [0.29, 0.717) is 6.42 Å². The van der Waals surface area contributed by atoms with Crippen LogP contribution in [0.5, 0.6) is 0 Å². The zero-order valence-corrected chi connectivity index (χ0v) is 12.2. The molecule has 2 atom stereocenters. The Balaban J connectivity index is 1.94. The maximum atomic E-state index is 12.2. The number of nitrogens with one attached hydrogen (secondary N) is 1. The van der Waals surface area contributed by atoms with Crippen molar-refractivity contribution in [1.82, 2.24) is 5.32 Å². The predicted molar refractivity (Wildman–Crippen MR) is 81.4 cm³/mol. The lowest BCUT2D eigenvalue weighted by Crippen LogP contribution is -2.42. The third-order valence-electron chi connectivity index (χ3n) is 3.75. The van der Waals surface area contributed by atoms with E-state index < -0.39 is 11.9 Å². The number of carbonyl (C=O) groups excluding carboxylic acids is 1. The number of nitrogens with zero attached hydrogens (tertiary/aromatic N) is 1. The van der Waals surface area contributed by atoms with Crippen LogP contribution in [0.3, 0.4) is 0 Å². The fraction of sp³-hybridized carbons (Fsp3) is 0.375. The lowest BCUT2D eigenvalue weighted by Gasteiger charge is -2.21. The molecule has 0 aromatic heterocycles. The van der Waals surface area contributed by atoms with Gasteiger partial charge in [0.1, 0.15) is 0 Å². The summed E-state index contributed by atoms with van der Waals surface area (Å²) in [5.74, 6) is -1.36. The van der Waals surface area contributed by atoms with Gasteiger partial charge in [0.25, 0.3) is 0 Å². The highest BCUT2D eigenvalue weighted by Gasteiger charge is 2.26. The van der Waals surface area contributed by atoms with Gasteiger partial charge >= 0.3 is 12.0 Å². The number of carboxylic acids is 1. The molecule has 0 heterocycles. The van der Waals surface area contributed by atoms with Gasteiger partial charge in [-0.15, -0.1) is 0 Å². The standard InChI is InChI=1S/C16H20N2O3/c1-3-11-4-8-14(9-5-11)18(2)16(21)17-13-7-6-12(10-13)15(19)20/h4-9,12-13H,3,10H2,1-2H3,(H,17,21)(H,19,20). The van der Waals surface area contributed by atoms with Gasteiger partial charge in [-0.1, -0.05) is 31.2 Å². The Morgan fingerprint density at radius 3 is 2.48 bits per heavy atom. The van der Waals surface area contributed by atoms with Crippen molar-refractivity contribution in [2.45, 2.75) is 25.8 Å². The Hall–Kier alpha value is -2.30. The Morgan fingerprint density at radius 1 is 1.29 bits per heavy atom. The van der Waals surface area contributed by atoms with E-state index in [1.807, 2.05) is 24.3 Å². The number of carbonyl (C=O) groups is 2. The fourth-order valence-electron chi connectivity index (χ4n) is 2.32. The van der Waals surface area contributed by atoms with E-state index in [9.17, 15) is 9.59 Å². The third-order valence-corrected chi connectivity index (χ3v) is 3.75. The number of anilines is 1. The molecule has 112 valence electrons. The number of hydrogen-bond acceptors (Lipinski definition) is 2. The normalized spacial score (nSPS) is 20.3. The van der Waals surface area contributed by atoms with Crippen LogP contribution in [0.1, 0.15) is 18.9 Å². The van der Waals surface area contributed by atoms with Gasteiger partial charge in [-0.25, -0.2) is 4.79 Å². The Kier molecular flexibility index (Phi) is 4.62. The van der Waals surface area contributed by atoms with E-state index in [1.54, 1.807) is 19.2 Å². The van der Waals surface area contributed by atoms with Crippen molar-refractivity contribution < 1.29 is 14.7 Å². The lowest BCUT2D eigenvalue weighted by atomic mass is 10.1. The van der Waals surface area contributed by atoms with Gasteiger partial charge in [-0.3, -0.25) is 9.69 Å². The second kappa shape index (κ2) is 6.43. The van der Waals surface area contributed by atoms with Crippen molar-refractivity contribution in [3.05, 3.63) is 42.0 Å². The van der Waals surface area contributed by atoms with Crippen LogP contribution in [0.15, 0.2) is 36.4 Å².